The average Bonchev–Trinajstić information content (AvgIpc) is 2.22. The number of halogens is 2. The van der Waals surface area contributed by atoms with Crippen molar-refractivity contribution < 1.29 is 9.50 Å². The standard InChI is InChI=1S/C14H21ClFNO/c1-10(2)17-7-6-14(3,18)9-11-8-12(16)4-5-13(11)15/h4-5,8,10,17-18H,6-7,9H2,1-3H3. The molecule has 1 aromatic rings. The molecule has 0 heterocycles. The summed E-state index contributed by atoms with van der Waals surface area (Å²) >= 11 is 5.99. The first-order chi connectivity index (χ1) is 8.30. The lowest BCUT2D eigenvalue weighted by atomic mass is 9.93. The van der Waals surface area contributed by atoms with Crippen LogP contribution in [-0.4, -0.2) is 23.3 Å². The molecular formula is C14H21ClFNO. The molecule has 0 aliphatic rings. The smallest absolute Gasteiger partial charge is 0.123 e. The third kappa shape index (κ3) is 5.34. The highest BCUT2D eigenvalue weighted by Gasteiger charge is 2.22. The first-order valence-electron chi connectivity index (χ1n) is 6.20. The molecule has 2 N–H and O–H groups in total. The van der Waals surface area contributed by atoms with Crippen molar-refractivity contribution >= 4 is 11.6 Å². The van der Waals surface area contributed by atoms with Crippen molar-refractivity contribution in [2.75, 3.05) is 6.54 Å². The van der Waals surface area contributed by atoms with Crippen molar-refractivity contribution in [3.63, 3.8) is 0 Å². The van der Waals surface area contributed by atoms with Crippen LogP contribution in [0.5, 0.6) is 0 Å². The van der Waals surface area contributed by atoms with E-state index >= 15 is 0 Å². The molecule has 1 unspecified atom stereocenters. The lowest BCUT2D eigenvalue weighted by molar-refractivity contribution is 0.0510. The van der Waals surface area contributed by atoms with Crippen LogP contribution in [0.3, 0.4) is 0 Å². The van der Waals surface area contributed by atoms with Crippen molar-refractivity contribution in [3.05, 3.63) is 34.6 Å². The monoisotopic (exact) mass is 273 g/mol. The van der Waals surface area contributed by atoms with Crippen LogP contribution in [0.15, 0.2) is 18.2 Å². The van der Waals surface area contributed by atoms with Crippen LogP contribution in [0.25, 0.3) is 0 Å². The molecule has 18 heavy (non-hydrogen) atoms. The predicted octanol–water partition coefficient (Wildman–Crippen LogP) is 3.16. The van der Waals surface area contributed by atoms with E-state index in [1.807, 2.05) is 0 Å². The zero-order valence-electron chi connectivity index (χ0n) is 11.1. The van der Waals surface area contributed by atoms with E-state index in [4.69, 9.17) is 11.6 Å². The van der Waals surface area contributed by atoms with Gasteiger partial charge in [-0.15, -0.1) is 0 Å². The summed E-state index contributed by atoms with van der Waals surface area (Å²) < 4.78 is 13.1. The molecule has 4 heteroatoms. The molecule has 1 aromatic carbocycles. The van der Waals surface area contributed by atoms with Gasteiger partial charge in [-0.1, -0.05) is 25.4 Å². The molecule has 0 saturated carbocycles. The first-order valence-corrected chi connectivity index (χ1v) is 6.58. The van der Waals surface area contributed by atoms with E-state index in [2.05, 4.69) is 19.2 Å². The van der Waals surface area contributed by atoms with Crippen molar-refractivity contribution in [3.8, 4) is 0 Å². The van der Waals surface area contributed by atoms with Crippen molar-refractivity contribution in [1.82, 2.24) is 5.32 Å². The third-order valence-electron chi connectivity index (χ3n) is 2.80. The fraction of sp³-hybridized carbons (Fsp3) is 0.571. The van der Waals surface area contributed by atoms with Gasteiger partial charge >= 0.3 is 0 Å². The molecule has 102 valence electrons. The molecule has 0 saturated heterocycles. The van der Waals surface area contributed by atoms with E-state index in [1.54, 1.807) is 6.92 Å². The molecule has 2 nitrogen and oxygen atoms in total. The lowest BCUT2D eigenvalue weighted by Gasteiger charge is -2.24. The molecule has 0 radical (unpaired) electrons. The quantitative estimate of drug-likeness (QED) is 0.834. The normalized spacial score (nSPS) is 14.8. The van der Waals surface area contributed by atoms with E-state index in [0.717, 1.165) is 6.54 Å². The second kappa shape index (κ2) is 6.50. The van der Waals surface area contributed by atoms with Gasteiger partial charge in [0.1, 0.15) is 5.82 Å². The molecule has 0 aromatic heterocycles. The van der Waals surface area contributed by atoms with Crippen LogP contribution >= 0.6 is 11.6 Å². The van der Waals surface area contributed by atoms with Gasteiger partial charge in [-0.3, -0.25) is 0 Å². The van der Waals surface area contributed by atoms with Gasteiger partial charge in [0.2, 0.25) is 0 Å². The van der Waals surface area contributed by atoms with E-state index in [1.165, 1.54) is 18.2 Å². The Morgan fingerprint density at radius 3 is 2.72 bits per heavy atom. The minimum absolute atomic E-state index is 0.328. The Bertz CT molecular complexity index is 393. The van der Waals surface area contributed by atoms with Crippen molar-refractivity contribution in [1.29, 1.82) is 0 Å². The molecule has 0 aliphatic carbocycles. The fourth-order valence-corrected chi connectivity index (χ4v) is 1.99. The Balaban J connectivity index is 2.61. The Hall–Kier alpha value is -0.640. The first kappa shape index (κ1) is 15.4. The summed E-state index contributed by atoms with van der Waals surface area (Å²) in [7, 11) is 0. The summed E-state index contributed by atoms with van der Waals surface area (Å²) in [6.07, 6.45) is 0.946. The summed E-state index contributed by atoms with van der Waals surface area (Å²) in [4.78, 5) is 0. The van der Waals surface area contributed by atoms with Crippen molar-refractivity contribution in [2.24, 2.45) is 0 Å². The van der Waals surface area contributed by atoms with Gasteiger partial charge < -0.3 is 10.4 Å². The van der Waals surface area contributed by atoms with Gasteiger partial charge in [0.05, 0.1) is 5.60 Å². The highest BCUT2D eigenvalue weighted by Crippen LogP contribution is 2.23. The number of rotatable bonds is 6. The number of aliphatic hydroxyl groups is 1. The summed E-state index contributed by atoms with van der Waals surface area (Å²) in [5, 5.41) is 14.0. The van der Waals surface area contributed by atoms with E-state index in [9.17, 15) is 9.50 Å². The Morgan fingerprint density at radius 2 is 2.11 bits per heavy atom. The van der Waals surface area contributed by atoms with Gasteiger partial charge in [0.15, 0.2) is 0 Å². The highest BCUT2D eigenvalue weighted by molar-refractivity contribution is 6.31. The number of nitrogens with one attached hydrogen (secondary N) is 1. The van der Waals surface area contributed by atoms with Crippen molar-refractivity contribution in [2.45, 2.75) is 45.3 Å². The van der Waals surface area contributed by atoms with Gasteiger partial charge in [0.25, 0.3) is 0 Å². The molecule has 1 atom stereocenters. The van der Waals surface area contributed by atoms with Crippen LogP contribution < -0.4 is 5.32 Å². The van der Waals surface area contributed by atoms with Gasteiger partial charge in [-0.25, -0.2) is 4.39 Å². The van der Waals surface area contributed by atoms with Crippen LogP contribution in [-0.2, 0) is 6.42 Å². The van der Waals surface area contributed by atoms with E-state index in [-0.39, 0.29) is 5.82 Å². The van der Waals surface area contributed by atoms with Crippen LogP contribution in [0, 0.1) is 5.82 Å². The topological polar surface area (TPSA) is 32.3 Å². The summed E-state index contributed by atoms with van der Waals surface area (Å²) in [5.41, 5.74) is -0.245. The highest BCUT2D eigenvalue weighted by atomic mass is 35.5. The molecule has 0 bridgehead atoms. The number of benzene rings is 1. The largest absolute Gasteiger partial charge is 0.390 e. The maximum Gasteiger partial charge on any atom is 0.123 e. The molecule has 0 amide bonds. The molecular weight excluding hydrogens is 253 g/mol. The number of hydrogen-bond donors (Lipinski definition) is 2. The predicted molar refractivity (Wildman–Crippen MR) is 73.5 cm³/mol. The molecule has 0 fully saturated rings. The maximum absolute atomic E-state index is 13.1. The zero-order valence-corrected chi connectivity index (χ0v) is 11.9. The Kier molecular flexibility index (Phi) is 5.57. The van der Waals surface area contributed by atoms with Gasteiger partial charge in [-0.05, 0) is 43.7 Å². The third-order valence-corrected chi connectivity index (χ3v) is 3.16. The summed E-state index contributed by atoms with van der Waals surface area (Å²) in [6.45, 7) is 6.57. The van der Waals surface area contributed by atoms with Gasteiger partial charge in [0, 0.05) is 17.5 Å². The second-order valence-electron chi connectivity index (χ2n) is 5.27. The summed E-state index contributed by atoms with van der Waals surface area (Å²) in [5.74, 6) is -0.328. The van der Waals surface area contributed by atoms with Crippen LogP contribution in [0.4, 0.5) is 4.39 Å². The average molecular weight is 274 g/mol. The Labute approximate surface area is 113 Å². The van der Waals surface area contributed by atoms with E-state index < -0.39 is 5.60 Å². The molecule has 1 rings (SSSR count). The van der Waals surface area contributed by atoms with Crippen LogP contribution in [0.2, 0.25) is 5.02 Å². The molecule has 0 spiro atoms. The SMILES string of the molecule is CC(C)NCCC(C)(O)Cc1cc(F)ccc1Cl. The lowest BCUT2D eigenvalue weighted by Crippen LogP contribution is -2.34. The Morgan fingerprint density at radius 1 is 1.44 bits per heavy atom. The number of hydrogen-bond acceptors (Lipinski definition) is 2. The fourth-order valence-electron chi connectivity index (χ4n) is 1.81. The second-order valence-corrected chi connectivity index (χ2v) is 5.68. The summed E-state index contributed by atoms with van der Waals surface area (Å²) in [6, 6.07) is 4.61. The van der Waals surface area contributed by atoms with E-state index in [0.29, 0.717) is 29.5 Å². The minimum Gasteiger partial charge on any atom is -0.390 e. The minimum atomic E-state index is -0.890. The maximum atomic E-state index is 13.1. The zero-order chi connectivity index (χ0) is 13.8. The van der Waals surface area contributed by atoms with Gasteiger partial charge in [-0.2, -0.15) is 0 Å². The van der Waals surface area contributed by atoms with Crippen LogP contribution in [0.1, 0.15) is 32.8 Å². The molecule has 0 aliphatic heterocycles.